The number of nitrogens with one attached hydrogen (secondary N) is 2. The van der Waals surface area contributed by atoms with Gasteiger partial charge in [0.2, 0.25) is 0 Å². The van der Waals surface area contributed by atoms with E-state index in [9.17, 15) is 10.2 Å². The summed E-state index contributed by atoms with van der Waals surface area (Å²) in [6.07, 6.45) is -1.25. The number of aliphatic hydroxyl groups is 2. The monoisotopic (exact) mass is 225 g/mol. The molecule has 2 unspecified atom stereocenters. The SMILES string of the molecule is CNCCC(O)C(O)c1ccccc1NN. The second-order valence-electron chi connectivity index (χ2n) is 3.64. The molecule has 0 fully saturated rings. The highest BCUT2D eigenvalue weighted by Crippen LogP contribution is 2.25. The average molecular weight is 225 g/mol. The van der Waals surface area contributed by atoms with Crippen LogP contribution < -0.4 is 16.6 Å². The molecule has 0 heterocycles. The standard InChI is InChI=1S/C11H19N3O2/c1-13-7-6-10(15)11(16)8-4-2-3-5-9(8)14-12/h2-5,10-11,13-16H,6-7,12H2,1H3. The van der Waals surface area contributed by atoms with Crippen molar-refractivity contribution < 1.29 is 10.2 Å². The van der Waals surface area contributed by atoms with Crippen molar-refractivity contribution >= 4 is 5.69 Å². The van der Waals surface area contributed by atoms with Gasteiger partial charge >= 0.3 is 0 Å². The highest BCUT2D eigenvalue weighted by Gasteiger charge is 2.20. The van der Waals surface area contributed by atoms with Crippen LogP contribution in [0.25, 0.3) is 0 Å². The van der Waals surface area contributed by atoms with E-state index >= 15 is 0 Å². The smallest absolute Gasteiger partial charge is 0.107 e. The lowest BCUT2D eigenvalue weighted by molar-refractivity contribution is 0.0144. The van der Waals surface area contributed by atoms with Crippen molar-refractivity contribution in [1.29, 1.82) is 0 Å². The number of hydrogen-bond donors (Lipinski definition) is 5. The molecular weight excluding hydrogens is 206 g/mol. The first-order valence-electron chi connectivity index (χ1n) is 5.27. The summed E-state index contributed by atoms with van der Waals surface area (Å²) in [6.45, 7) is 0.649. The largest absolute Gasteiger partial charge is 0.390 e. The van der Waals surface area contributed by atoms with E-state index in [1.54, 1.807) is 25.2 Å². The van der Waals surface area contributed by atoms with E-state index < -0.39 is 12.2 Å². The number of anilines is 1. The van der Waals surface area contributed by atoms with Crippen LogP contribution in [-0.2, 0) is 0 Å². The summed E-state index contributed by atoms with van der Waals surface area (Å²) in [7, 11) is 1.80. The van der Waals surface area contributed by atoms with Crippen LogP contribution in [0.2, 0.25) is 0 Å². The summed E-state index contributed by atoms with van der Waals surface area (Å²) in [5.74, 6) is 5.33. The molecule has 0 radical (unpaired) electrons. The van der Waals surface area contributed by atoms with E-state index in [2.05, 4.69) is 10.7 Å². The molecule has 0 bridgehead atoms. The minimum atomic E-state index is -0.930. The number of benzene rings is 1. The summed E-state index contributed by atoms with van der Waals surface area (Å²) in [5, 5.41) is 22.6. The maximum absolute atomic E-state index is 9.95. The number of hydrazine groups is 1. The van der Waals surface area contributed by atoms with E-state index in [1.807, 2.05) is 6.07 Å². The van der Waals surface area contributed by atoms with Crippen LogP contribution in [0.4, 0.5) is 5.69 Å². The van der Waals surface area contributed by atoms with Crippen molar-refractivity contribution in [3.05, 3.63) is 29.8 Å². The molecule has 1 rings (SSSR count). The highest BCUT2D eigenvalue weighted by molar-refractivity contribution is 5.51. The van der Waals surface area contributed by atoms with Crippen molar-refractivity contribution in [3.8, 4) is 0 Å². The topological polar surface area (TPSA) is 90.5 Å². The van der Waals surface area contributed by atoms with Crippen molar-refractivity contribution in [1.82, 2.24) is 5.32 Å². The minimum absolute atomic E-state index is 0.483. The minimum Gasteiger partial charge on any atom is -0.390 e. The molecular formula is C11H19N3O2. The Labute approximate surface area is 95.3 Å². The van der Waals surface area contributed by atoms with Crippen LogP contribution in [0, 0.1) is 0 Å². The first-order chi connectivity index (χ1) is 7.70. The Morgan fingerprint density at radius 2 is 2.00 bits per heavy atom. The Morgan fingerprint density at radius 3 is 2.62 bits per heavy atom. The molecule has 0 saturated carbocycles. The van der Waals surface area contributed by atoms with Crippen molar-refractivity contribution in [3.63, 3.8) is 0 Å². The molecule has 90 valence electrons. The van der Waals surface area contributed by atoms with E-state index in [4.69, 9.17) is 5.84 Å². The van der Waals surface area contributed by atoms with Gasteiger partial charge in [0.25, 0.3) is 0 Å². The fourth-order valence-electron chi connectivity index (χ4n) is 1.54. The Hall–Kier alpha value is -1.14. The molecule has 6 N–H and O–H groups in total. The third-order valence-electron chi connectivity index (χ3n) is 2.49. The lowest BCUT2D eigenvalue weighted by atomic mass is 10.0. The van der Waals surface area contributed by atoms with Gasteiger partial charge in [-0.25, -0.2) is 0 Å². The maximum Gasteiger partial charge on any atom is 0.107 e. The van der Waals surface area contributed by atoms with Gasteiger partial charge < -0.3 is 21.0 Å². The molecule has 0 amide bonds. The van der Waals surface area contributed by atoms with Gasteiger partial charge in [-0.2, -0.15) is 0 Å². The number of nitrogens with two attached hydrogens (primary N) is 1. The van der Waals surface area contributed by atoms with Crippen LogP contribution in [0.1, 0.15) is 18.1 Å². The Bertz CT molecular complexity index is 320. The lowest BCUT2D eigenvalue weighted by Gasteiger charge is -2.20. The van der Waals surface area contributed by atoms with Gasteiger partial charge in [0.15, 0.2) is 0 Å². The van der Waals surface area contributed by atoms with Crippen molar-refractivity contribution in [2.24, 2.45) is 5.84 Å². The van der Waals surface area contributed by atoms with Gasteiger partial charge in [0.05, 0.1) is 11.8 Å². The van der Waals surface area contributed by atoms with Crippen LogP contribution in [-0.4, -0.2) is 29.9 Å². The number of para-hydroxylation sites is 1. The van der Waals surface area contributed by atoms with Gasteiger partial charge in [0.1, 0.15) is 6.10 Å². The van der Waals surface area contributed by atoms with E-state index in [1.165, 1.54) is 0 Å². The van der Waals surface area contributed by atoms with E-state index in [0.717, 1.165) is 0 Å². The molecule has 0 saturated heterocycles. The zero-order chi connectivity index (χ0) is 12.0. The van der Waals surface area contributed by atoms with Crippen LogP contribution >= 0.6 is 0 Å². The van der Waals surface area contributed by atoms with Crippen LogP contribution in [0.15, 0.2) is 24.3 Å². The predicted octanol–water partition coefficient (Wildman–Crippen LogP) is -0.0240. The summed E-state index contributed by atoms with van der Waals surface area (Å²) >= 11 is 0. The Kier molecular flexibility index (Phi) is 5.21. The van der Waals surface area contributed by atoms with Crippen molar-refractivity contribution in [2.45, 2.75) is 18.6 Å². The van der Waals surface area contributed by atoms with E-state index in [0.29, 0.717) is 24.2 Å². The Morgan fingerprint density at radius 1 is 1.31 bits per heavy atom. The number of rotatable bonds is 6. The molecule has 2 atom stereocenters. The molecule has 0 spiro atoms. The molecule has 0 aromatic heterocycles. The number of aliphatic hydroxyl groups excluding tert-OH is 2. The fourth-order valence-corrected chi connectivity index (χ4v) is 1.54. The molecule has 0 aliphatic carbocycles. The van der Waals surface area contributed by atoms with Crippen LogP contribution in [0.5, 0.6) is 0 Å². The molecule has 5 nitrogen and oxygen atoms in total. The molecule has 0 aliphatic heterocycles. The van der Waals surface area contributed by atoms with Gasteiger partial charge in [0, 0.05) is 5.56 Å². The third-order valence-corrected chi connectivity index (χ3v) is 2.49. The normalized spacial score (nSPS) is 14.5. The second kappa shape index (κ2) is 6.44. The van der Waals surface area contributed by atoms with Crippen LogP contribution in [0.3, 0.4) is 0 Å². The predicted molar refractivity (Wildman–Crippen MR) is 63.8 cm³/mol. The number of hydrogen-bond acceptors (Lipinski definition) is 5. The molecule has 1 aromatic rings. The van der Waals surface area contributed by atoms with Gasteiger partial charge in [-0.3, -0.25) is 5.84 Å². The summed E-state index contributed by atoms with van der Waals surface area (Å²) in [6, 6.07) is 7.10. The number of nitrogen functional groups attached to an aromatic ring is 1. The Balaban J connectivity index is 2.74. The highest BCUT2D eigenvalue weighted by atomic mass is 16.3. The quantitative estimate of drug-likeness (QED) is 0.346. The maximum atomic E-state index is 9.95. The molecule has 16 heavy (non-hydrogen) atoms. The summed E-state index contributed by atoms with van der Waals surface area (Å²) in [4.78, 5) is 0. The zero-order valence-corrected chi connectivity index (χ0v) is 9.35. The van der Waals surface area contributed by atoms with Crippen molar-refractivity contribution in [2.75, 3.05) is 19.0 Å². The first kappa shape index (κ1) is 12.9. The molecule has 5 heteroatoms. The summed E-state index contributed by atoms with van der Waals surface area (Å²) < 4.78 is 0. The van der Waals surface area contributed by atoms with Gasteiger partial charge in [-0.05, 0) is 26.1 Å². The first-order valence-corrected chi connectivity index (χ1v) is 5.27. The third kappa shape index (κ3) is 3.18. The fraction of sp³-hybridized carbons (Fsp3) is 0.455. The van der Waals surface area contributed by atoms with Gasteiger partial charge in [-0.15, -0.1) is 0 Å². The van der Waals surface area contributed by atoms with E-state index in [-0.39, 0.29) is 0 Å². The second-order valence-corrected chi connectivity index (χ2v) is 3.64. The summed E-state index contributed by atoms with van der Waals surface area (Å²) in [5.41, 5.74) is 3.73. The lowest BCUT2D eigenvalue weighted by Crippen LogP contribution is -2.24. The molecule has 1 aromatic carbocycles. The zero-order valence-electron chi connectivity index (χ0n) is 9.35. The van der Waals surface area contributed by atoms with Gasteiger partial charge in [-0.1, -0.05) is 18.2 Å². The average Bonchev–Trinajstić information content (AvgIpc) is 2.34. The molecule has 0 aliphatic rings.